The molecule has 0 aliphatic heterocycles. The normalized spacial score (nSPS) is 10.2. The topological polar surface area (TPSA) is 56.7 Å². The van der Waals surface area contributed by atoms with E-state index in [-0.39, 0.29) is 5.95 Å². The Kier molecular flexibility index (Phi) is 2.02. The Hall–Kier alpha value is -1.36. The molecule has 0 fully saturated rings. The number of nitrogen functional groups attached to an aromatic ring is 1. The summed E-state index contributed by atoms with van der Waals surface area (Å²) in [7, 11) is 0. The Morgan fingerprint density at radius 2 is 1.92 bits per heavy atom. The van der Waals surface area contributed by atoms with Gasteiger partial charge in [0.25, 0.3) is 0 Å². The van der Waals surface area contributed by atoms with Gasteiger partial charge in [-0.2, -0.15) is 0 Å². The third-order valence-electron chi connectivity index (χ3n) is 1.60. The predicted molar refractivity (Wildman–Crippen MR) is 53.5 cm³/mol. The smallest absolute Gasteiger partial charge is 0.239 e. The van der Waals surface area contributed by atoms with Crippen LogP contribution < -0.4 is 5.73 Å². The third-order valence-corrected chi connectivity index (χ3v) is 2.13. The first-order chi connectivity index (χ1) is 6.25. The van der Waals surface area contributed by atoms with Crippen molar-refractivity contribution >= 4 is 21.9 Å². The zero-order valence-electron chi connectivity index (χ0n) is 6.68. The molecular weight excluding hydrogens is 232 g/mol. The second-order valence-corrected chi connectivity index (χ2v) is 3.44. The van der Waals surface area contributed by atoms with Crippen LogP contribution in [-0.4, -0.2) is 14.8 Å². The fraction of sp³-hybridized carbons (Fsp3) is 0. The maximum atomic E-state index is 5.39. The number of hydrogen-bond donors (Lipinski definition) is 1. The maximum absolute atomic E-state index is 5.39. The van der Waals surface area contributed by atoms with Crippen molar-refractivity contribution in [1.82, 2.24) is 14.8 Å². The largest absolute Gasteiger partial charge is 0.366 e. The fourth-order valence-corrected chi connectivity index (χ4v) is 1.26. The van der Waals surface area contributed by atoms with Gasteiger partial charge in [-0.3, -0.25) is 0 Å². The molecule has 0 aliphatic carbocycles. The van der Waals surface area contributed by atoms with Crippen LogP contribution in [0.3, 0.4) is 0 Å². The molecule has 66 valence electrons. The van der Waals surface area contributed by atoms with E-state index in [1.54, 1.807) is 11.0 Å². The van der Waals surface area contributed by atoms with Crippen molar-refractivity contribution in [2.24, 2.45) is 0 Å². The first-order valence-corrected chi connectivity index (χ1v) is 4.48. The number of anilines is 1. The van der Waals surface area contributed by atoms with Crippen molar-refractivity contribution in [3.63, 3.8) is 0 Å². The average Bonchev–Trinajstić information content (AvgIpc) is 2.53. The van der Waals surface area contributed by atoms with Crippen LogP contribution in [0, 0.1) is 0 Å². The molecule has 1 aromatic carbocycles. The summed E-state index contributed by atoms with van der Waals surface area (Å²) in [6.07, 6.45) is 1.58. The molecule has 0 saturated carbocycles. The van der Waals surface area contributed by atoms with Crippen LogP contribution in [0.25, 0.3) is 5.69 Å². The SMILES string of the molecule is Nc1ncn(-c2ccc(Br)cc2)n1. The summed E-state index contributed by atoms with van der Waals surface area (Å²) in [4.78, 5) is 3.83. The number of hydrogen-bond acceptors (Lipinski definition) is 3. The summed E-state index contributed by atoms with van der Waals surface area (Å²) in [6.45, 7) is 0. The van der Waals surface area contributed by atoms with E-state index in [4.69, 9.17) is 5.73 Å². The average molecular weight is 239 g/mol. The molecule has 5 heteroatoms. The first-order valence-electron chi connectivity index (χ1n) is 3.69. The summed E-state index contributed by atoms with van der Waals surface area (Å²) in [6, 6.07) is 7.73. The second-order valence-electron chi connectivity index (χ2n) is 2.52. The highest BCUT2D eigenvalue weighted by atomic mass is 79.9. The minimum absolute atomic E-state index is 0.280. The van der Waals surface area contributed by atoms with E-state index < -0.39 is 0 Å². The Morgan fingerprint density at radius 1 is 1.23 bits per heavy atom. The molecule has 2 rings (SSSR count). The van der Waals surface area contributed by atoms with Crippen molar-refractivity contribution in [3.8, 4) is 5.69 Å². The Morgan fingerprint density at radius 3 is 2.46 bits per heavy atom. The van der Waals surface area contributed by atoms with E-state index in [0.717, 1.165) is 10.2 Å². The van der Waals surface area contributed by atoms with Crippen LogP contribution in [0.1, 0.15) is 0 Å². The van der Waals surface area contributed by atoms with E-state index in [9.17, 15) is 0 Å². The lowest BCUT2D eigenvalue weighted by Crippen LogP contribution is -1.95. The van der Waals surface area contributed by atoms with Gasteiger partial charge in [0.2, 0.25) is 5.95 Å². The molecule has 1 aromatic heterocycles. The molecule has 13 heavy (non-hydrogen) atoms. The molecule has 0 atom stereocenters. The quantitative estimate of drug-likeness (QED) is 0.822. The third kappa shape index (κ3) is 1.70. The molecule has 1 heterocycles. The number of nitrogens with two attached hydrogens (primary N) is 1. The predicted octanol–water partition coefficient (Wildman–Crippen LogP) is 1.61. The van der Waals surface area contributed by atoms with Gasteiger partial charge in [0.1, 0.15) is 6.33 Å². The molecule has 0 saturated heterocycles. The molecule has 0 amide bonds. The fourth-order valence-electron chi connectivity index (χ4n) is 0.994. The van der Waals surface area contributed by atoms with E-state index in [0.29, 0.717) is 0 Å². The van der Waals surface area contributed by atoms with E-state index in [2.05, 4.69) is 26.0 Å². The molecule has 2 aromatic rings. The Labute approximate surface area is 83.5 Å². The summed E-state index contributed by atoms with van der Waals surface area (Å²) in [5, 5.41) is 3.98. The lowest BCUT2D eigenvalue weighted by Gasteiger charge is -1.98. The molecule has 0 bridgehead atoms. The van der Waals surface area contributed by atoms with Gasteiger partial charge >= 0.3 is 0 Å². The molecule has 0 spiro atoms. The highest BCUT2D eigenvalue weighted by Crippen LogP contribution is 2.13. The summed E-state index contributed by atoms with van der Waals surface area (Å²) in [5.74, 6) is 0.280. The minimum atomic E-state index is 0.280. The lowest BCUT2D eigenvalue weighted by atomic mass is 10.3. The molecule has 0 unspecified atom stereocenters. The monoisotopic (exact) mass is 238 g/mol. The van der Waals surface area contributed by atoms with Gasteiger partial charge in [0.05, 0.1) is 5.69 Å². The Bertz CT molecular complexity index is 406. The van der Waals surface area contributed by atoms with Crippen molar-refractivity contribution in [1.29, 1.82) is 0 Å². The van der Waals surface area contributed by atoms with E-state index in [1.165, 1.54) is 0 Å². The minimum Gasteiger partial charge on any atom is -0.366 e. The summed E-state index contributed by atoms with van der Waals surface area (Å²) in [5.41, 5.74) is 6.33. The van der Waals surface area contributed by atoms with Crippen LogP contribution in [0.5, 0.6) is 0 Å². The second kappa shape index (κ2) is 3.18. The molecule has 0 radical (unpaired) electrons. The van der Waals surface area contributed by atoms with Crippen LogP contribution >= 0.6 is 15.9 Å². The number of benzene rings is 1. The van der Waals surface area contributed by atoms with Gasteiger partial charge in [-0.25, -0.2) is 9.67 Å². The molecule has 0 aliphatic rings. The molecular formula is C8H7BrN4. The van der Waals surface area contributed by atoms with E-state index in [1.807, 2.05) is 24.3 Å². The zero-order chi connectivity index (χ0) is 9.26. The van der Waals surface area contributed by atoms with Crippen LogP contribution in [-0.2, 0) is 0 Å². The van der Waals surface area contributed by atoms with Crippen molar-refractivity contribution < 1.29 is 0 Å². The number of nitrogens with zero attached hydrogens (tertiary/aromatic N) is 3. The summed E-state index contributed by atoms with van der Waals surface area (Å²) < 4.78 is 2.66. The lowest BCUT2D eigenvalue weighted by molar-refractivity contribution is 0.883. The van der Waals surface area contributed by atoms with Gasteiger partial charge in [-0.15, -0.1) is 5.10 Å². The zero-order valence-corrected chi connectivity index (χ0v) is 8.27. The highest BCUT2D eigenvalue weighted by Gasteiger charge is 1.98. The van der Waals surface area contributed by atoms with Gasteiger partial charge in [-0.05, 0) is 24.3 Å². The van der Waals surface area contributed by atoms with E-state index >= 15 is 0 Å². The highest BCUT2D eigenvalue weighted by molar-refractivity contribution is 9.10. The standard InChI is InChI=1S/C8H7BrN4/c9-6-1-3-7(4-2-6)13-5-11-8(10)12-13/h1-5H,(H2,10,12). The maximum Gasteiger partial charge on any atom is 0.239 e. The molecule has 2 N–H and O–H groups in total. The van der Waals surface area contributed by atoms with Gasteiger partial charge in [0, 0.05) is 4.47 Å². The van der Waals surface area contributed by atoms with Crippen molar-refractivity contribution in [2.45, 2.75) is 0 Å². The number of aromatic nitrogens is 3. The van der Waals surface area contributed by atoms with Crippen LogP contribution in [0.15, 0.2) is 35.1 Å². The van der Waals surface area contributed by atoms with Gasteiger partial charge < -0.3 is 5.73 Å². The first kappa shape index (κ1) is 8.25. The summed E-state index contributed by atoms with van der Waals surface area (Å²) >= 11 is 3.35. The Balaban J connectivity index is 2.41. The van der Waals surface area contributed by atoms with Crippen molar-refractivity contribution in [2.75, 3.05) is 5.73 Å². The molecule has 4 nitrogen and oxygen atoms in total. The van der Waals surface area contributed by atoms with Gasteiger partial charge in [-0.1, -0.05) is 15.9 Å². The van der Waals surface area contributed by atoms with Crippen LogP contribution in [0.2, 0.25) is 0 Å². The van der Waals surface area contributed by atoms with Crippen LogP contribution in [0.4, 0.5) is 5.95 Å². The number of rotatable bonds is 1. The van der Waals surface area contributed by atoms with Crippen molar-refractivity contribution in [3.05, 3.63) is 35.1 Å². The number of halogens is 1. The van der Waals surface area contributed by atoms with Gasteiger partial charge in [0.15, 0.2) is 0 Å².